The Morgan fingerprint density at radius 3 is 2.58 bits per heavy atom. The Morgan fingerprint density at radius 1 is 1.12 bits per heavy atom. The molecule has 0 bridgehead atoms. The number of aromatic nitrogens is 2. The van der Waals surface area contributed by atoms with Crippen LogP contribution in [-0.2, 0) is 4.79 Å². The first-order valence-electron chi connectivity index (χ1n) is 7.48. The minimum absolute atomic E-state index is 0.239. The van der Waals surface area contributed by atoms with Crippen molar-refractivity contribution in [1.29, 1.82) is 0 Å². The lowest BCUT2D eigenvalue weighted by Gasteiger charge is -1.99. The van der Waals surface area contributed by atoms with Gasteiger partial charge in [-0.3, -0.25) is 9.89 Å². The van der Waals surface area contributed by atoms with E-state index < -0.39 is 0 Å². The van der Waals surface area contributed by atoms with Crippen LogP contribution in [0.2, 0.25) is 0 Å². The average Bonchev–Trinajstić information content (AvgIpc) is 3.09. The van der Waals surface area contributed by atoms with Gasteiger partial charge in [0.2, 0.25) is 5.91 Å². The summed E-state index contributed by atoms with van der Waals surface area (Å²) in [4.78, 5) is 12.0. The molecule has 0 saturated heterocycles. The molecule has 2 N–H and O–H groups in total. The van der Waals surface area contributed by atoms with Crippen molar-refractivity contribution in [2.24, 2.45) is 0 Å². The molecule has 0 unspecified atom stereocenters. The Balaban J connectivity index is 1.62. The molecule has 2 aromatic carbocycles. The molecule has 0 aliphatic rings. The number of carbonyl (C=O) groups excluding carboxylic acids is 1. The summed E-state index contributed by atoms with van der Waals surface area (Å²) in [7, 11) is 1.62. The van der Waals surface area contributed by atoms with Crippen LogP contribution in [0.4, 0.5) is 5.82 Å². The van der Waals surface area contributed by atoms with Gasteiger partial charge in [0.1, 0.15) is 5.75 Å². The molecule has 3 aromatic rings. The zero-order valence-electron chi connectivity index (χ0n) is 13.2. The number of nitrogens with zero attached hydrogens (tertiary/aromatic N) is 1. The summed E-state index contributed by atoms with van der Waals surface area (Å²) in [6.07, 6.45) is 3.21. The second kappa shape index (κ2) is 7.28. The molecule has 5 heteroatoms. The molecule has 1 aromatic heterocycles. The van der Waals surface area contributed by atoms with Gasteiger partial charge < -0.3 is 10.1 Å². The SMILES string of the molecule is COc1ccc(/C=C\C(=O)Nc2cc(-c3ccccc3)[nH]n2)cc1. The number of aromatic amines is 1. The first-order valence-corrected chi connectivity index (χ1v) is 7.48. The van der Waals surface area contributed by atoms with Crippen LogP contribution in [-0.4, -0.2) is 23.2 Å². The van der Waals surface area contributed by atoms with Gasteiger partial charge in [-0.15, -0.1) is 0 Å². The Hall–Kier alpha value is -3.34. The number of ether oxygens (including phenoxy) is 1. The molecule has 0 aliphatic heterocycles. The van der Waals surface area contributed by atoms with Crippen LogP contribution in [0.3, 0.4) is 0 Å². The van der Waals surface area contributed by atoms with Crippen molar-refractivity contribution >= 4 is 17.8 Å². The Bertz CT molecular complexity index is 837. The van der Waals surface area contributed by atoms with E-state index in [2.05, 4.69) is 15.5 Å². The van der Waals surface area contributed by atoms with Gasteiger partial charge in [0.25, 0.3) is 0 Å². The van der Waals surface area contributed by atoms with E-state index in [-0.39, 0.29) is 5.91 Å². The predicted octanol–water partition coefficient (Wildman–Crippen LogP) is 3.74. The Morgan fingerprint density at radius 2 is 1.88 bits per heavy atom. The van der Waals surface area contributed by atoms with Crippen molar-refractivity contribution in [3.05, 3.63) is 72.3 Å². The third-order valence-electron chi connectivity index (χ3n) is 3.46. The number of H-pyrrole nitrogens is 1. The van der Waals surface area contributed by atoms with E-state index >= 15 is 0 Å². The highest BCUT2D eigenvalue weighted by atomic mass is 16.5. The van der Waals surface area contributed by atoms with Gasteiger partial charge in [0, 0.05) is 12.1 Å². The van der Waals surface area contributed by atoms with E-state index in [0.29, 0.717) is 5.82 Å². The van der Waals surface area contributed by atoms with Gasteiger partial charge in [-0.1, -0.05) is 42.5 Å². The highest BCUT2D eigenvalue weighted by Gasteiger charge is 2.05. The second-order valence-corrected chi connectivity index (χ2v) is 5.13. The molecule has 24 heavy (non-hydrogen) atoms. The van der Waals surface area contributed by atoms with Crippen molar-refractivity contribution in [3.8, 4) is 17.0 Å². The predicted molar refractivity (Wildman–Crippen MR) is 94.7 cm³/mol. The third-order valence-corrected chi connectivity index (χ3v) is 3.46. The number of benzene rings is 2. The maximum Gasteiger partial charge on any atom is 0.249 e. The van der Waals surface area contributed by atoms with Crippen molar-refractivity contribution in [3.63, 3.8) is 0 Å². The number of anilines is 1. The van der Waals surface area contributed by atoms with E-state index in [9.17, 15) is 4.79 Å². The summed E-state index contributed by atoms with van der Waals surface area (Å²) in [6.45, 7) is 0. The molecule has 1 amide bonds. The van der Waals surface area contributed by atoms with E-state index in [1.165, 1.54) is 6.08 Å². The number of nitrogens with one attached hydrogen (secondary N) is 2. The maximum absolute atomic E-state index is 12.0. The summed E-state index contributed by atoms with van der Waals surface area (Å²) in [5, 5.41) is 9.75. The Kier molecular flexibility index (Phi) is 4.72. The maximum atomic E-state index is 12.0. The van der Waals surface area contributed by atoms with E-state index in [1.807, 2.05) is 54.6 Å². The lowest BCUT2D eigenvalue weighted by molar-refractivity contribution is -0.111. The van der Waals surface area contributed by atoms with Crippen LogP contribution in [0.25, 0.3) is 17.3 Å². The number of amides is 1. The van der Waals surface area contributed by atoms with Crippen molar-refractivity contribution in [1.82, 2.24) is 10.2 Å². The van der Waals surface area contributed by atoms with Crippen molar-refractivity contribution < 1.29 is 9.53 Å². The molecule has 1 heterocycles. The fourth-order valence-corrected chi connectivity index (χ4v) is 2.21. The third kappa shape index (κ3) is 3.89. The van der Waals surface area contributed by atoms with Crippen LogP contribution in [0.15, 0.2) is 66.7 Å². The van der Waals surface area contributed by atoms with Crippen LogP contribution in [0.5, 0.6) is 5.75 Å². The van der Waals surface area contributed by atoms with Crippen molar-refractivity contribution in [2.45, 2.75) is 0 Å². The number of rotatable bonds is 5. The fourth-order valence-electron chi connectivity index (χ4n) is 2.21. The molecule has 0 saturated carbocycles. The summed E-state index contributed by atoms with van der Waals surface area (Å²) >= 11 is 0. The molecule has 3 rings (SSSR count). The quantitative estimate of drug-likeness (QED) is 0.704. The molecular formula is C19H17N3O2. The van der Waals surface area contributed by atoms with Crippen LogP contribution < -0.4 is 10.1 Å². The molecule has 0 fully saturated rings. The van der Waals surface area contributed by atoms with Gasteiger partial charge in [0.15, 0.2) is 5.82 Å². The lowest BCUT2D eigenvalue weighted by atomic mass is 10.1. The fraction of sp³-hybridized carbons (Fsp3) is 0.0526. The van der Waals surface area contributed by atoms with Gasteiger partial charge in [-0.2, -0.15) is 5.10 Å². The zero-order valence-corrected chi connectivity index (χ0v) is 13.2. The number of hydrogen-bond acceptors (Lipinski definition) is 3. The summed E-state index contributed by atoms with van der Waals surface area (Å²) in [5.74, 6) is 1.02. The minimum atomic E-state index is -0.239. The molecule has 0 atom stereocenters. The van der Waals surface area contributed by atoms with Crippen LogP contribution in [0, 0.1) is 0 Å². The summed E-state index contributed by atoms with van der Waals surface area (Å²) in [5.41, 5.74) is 2.78. The van der Waals surface area contributed by atoms with Gasteiger partial charge >= 0.3 is 0 Å². The molecule has 0 radical (unpaired) electrons. The highest BCUT2D eigenvalue weighted by Crippen LogP contribution is 2.19. The molecule has 5 nitrogen and oxygen atoms in total. The number of hydrogen-bond donors (Lipinski definition) is 2. The first kappa shape index (κ1) is 15.6. The molecule has 120 valence electrons. The first-order chi connectivity index (χ1) is 11.7. The van der Waals surface area contributed by atoms with Crippen LogP contribution in [0.1, 0.15) is 5.56 Å². The second-order valence-electron chi connectivity index (χ2n) is 5.13. The highest BCUT2D eigenvalue weighted by molar-refractivity contribution is 6.01. The van der Waals surface area contributed by atoms with E-state index in [4.69, 9.17) is 4.74 Å². The van der Waals surface area contributed by atoms with Crippen LogP contribution >= 0.6 is 0 Å². The average molecular weight is 319 g/mol. The van der Waals surface area contributed by atoms with Crippen molar-refractivity contribution in [2.75, 3.05) is 12.4 Å². The number of methoxy groups -OCH3 is 1. The smallest absolute Gasteiger partial charge is 0.249 e. The summed E-state index contributed by atoms with van der Waals surface area (Å²) < 4.78 is 5.10. The topological polar surface area (TPSA) is 67.0 Å². The Labute approximate surface area is 140 Å². The minimum Gasteiger partial charge on any atom is -0.497 e. The lowest BCUT2D eigenvalue weighted by Crippen LogP contribution is -2.07. The molecule has 0 spiro atoms. The van der Waals surface area contributed by atoms with Gasteiger partial charge in [-0.05, 0) is 29.3 Å². The zero-order chi connectivity index (χ0) is 16.8. The van der Waals surface area contributed by atoms with E-state index in [1.54, 1.807) is 19.3 Å². The molecular weight excluding hydrogens is 302 g/mol. The van der Waals surface area contributed by atoms with E-state index in [0.717, 1.165) is 22.6 Å². The molecule has 0 aliphatic carbocycles. The normalized spacial score (nSPS) is 10.7. The largest absolute Gasteiger partial charge is 0.497 e. The monoisotopic (exact) mass is 319 g/mol. The number of carbonyl (C=O) groups is 1. The standard InChI is InChI=1S/C19H17N3O2/c1-24-16-10-7-14(8-11-16)9-12-19(23)20-18-13-17(21-22-18)15-5-3-2-4-6-15/h2-13H,1H3,(H2,20,21,22,23)/b12-9-. The van der Waals surface area contributed by atoms with Gasteiger partial charge in [-0.25, -0.2) is 0 Å². The van der Waals surface area contributed by atoms with Gasteiger partial charge in [0.05, 0.1) is 12.8 Å². The summed E-state index contributed by atoms with van der Waals surface area (Å²) in [6, 6.07) is 19.1.